The number of fused-ring (bicyclic) bond motifs is 1. The van der Waals surface area contributed by atoms with E-state index < -0.39 is 0 Å². The Labute approximate surface area is 82.0 Å². The second-order valence-electron chi connectivity index (χ2n) is 3.22. The van der Waals surface area contributed by atoms with Crippen LogP contribution in [0.2, 0.25) is 0 Å². The Morgan fingerprint density at radius 3 is 3.07 bits per heavy atom. The van der Waals surface area contributed by atoms with Crippen molar-refractivity contribution in [2.45, 2.75) is 5.92 Å². The molecule has 2 heterocycles. The van der Waals surface area contributed by atoms with Crippen LogP contribution in [-0.4, -0.2) is 27.6 Å². The van der Waals surface area contributed by atoms with Crippen molar-refractivity contribution < 1.29 is 5.11 Å². The number of nitrogens with two attached hydrogens (primary N) is 1. The van der Waals surface area contributed by atoms with Gasteiger partial charge in [-0.1, -0.05) is 6.07 Å². The highest BCUT2D eigenvalue weighted by atomic mass is 16.3. The van der Waals surface area contributed by atoms with Crippen molar-refractivity contribution in [1.82, 2.24) is 9.38 Å². The number of aromatic nitrogens is 2. The molecule has 0 bridgehead atoms. The first-order valence-electron chi connectivity index (χ1n) is 4.59. The molecular formula is C10H13N3O. The van der Waals surface area contributed by atoms with Gasteiger partial charge < -0.3 is 15.2 Å². The molecule has 0 saturated carbocycles. The quantitative estimate of drug-likeness (QED) is 0.736. The van der Waals surface area contributed by atoms with E-state index in [0.717, 1.165) is 11.3 Å². The summed E-state index contributed by atoms with van der Waals surface area (Å²) in [6.45, 7) is 0.502. The van der Waals surface area contributed by atoms with Crippen LogP contribution in [0.3, 0.4) is 0 Å². The monoisotopic (exact) mass is 191 g/mol. The molecule has 0 radical (unpaired) electrons. The molecule has 2 aromatic rings. The van der Waals surface area contributed by atoms with Crippen molar-refractivity contribution >= 4 is 5.65 Å². The minimum Gasteiger partial charge on any atom is -0.396 e. The molecule has 1 unspecified atom stereocenters. The third-order valence-electron chi connectivity index (χ3n) is 2.38. The van der Waals surface area contributed by atoms with Crippen LogP contribution in [0.1, 0.15) is 11.6 Å². The average molecular weight is 191 g/mol. The molecule has 4 nitrogen and oxygen atoms in total. The van der Waals surface area contributed by atoms with Crippen LogP contribution in [0.4, 0.5) is 0 Å². The number of imidazole rings is 1. The second kappa shape index (κ2) is 3.77. The lowest BCUT2D eigenvalue weighted by Crippen LogP contribution is -2.18. The highest BCUT2D eigenvalue weighted by Crippen LogP contribution is 2.15. The minimum atomic E-state index is -0.0205. The van der Waals surface area contributed by atoms with Gasteiger partial charge in [0.05, 0.1) is 6.61 Å². The smallest absolute Gasteiger partial charge is 0.136 e. The Morgan fingerprint density at radius 2 is 2.36 bits per heavy atom. The van der Waals surface area contributed by atoms with Gasteiger partial charge in [0.1, 0.15) is 5.65 Å². The predicted octanol–water partition coefficient (Wildman–Crippen LogP) is 0.369. The fourth-order valence-corrected chi connectivity index (χ4v) is 1.59. The Balaban J connectivity index is 2.54. The zero-order valence-corrected chi connectivity index (χ0v) is 7.80. The molecule has 4 heteroatoms. The largest absolute Gasteiger partial charge is 0.396 e. The Kier molecular flexibility index (Phi) is 2.47. The van der Waals surface area contributed by atoms with E-state index in [1.165, 1.54) is 0 Å². The highest BCUT2D eigenvalue weighted by molar-refractivity contribution is 5.40. The van der Waals surface area contributed by atoms with E-state index in [9.17, 15) is 0 Å². The lowest BCUT2D eigenvalue weighted by atomic mass is 10.1. The molecular weight excluding hydrogens is 178 g/mol. The Morgan fingerprint density at radius 1 is 1.50 bits per heavy atom. The topological polar surface area (TPSA) is 63.5 Å². The van der Waals surface area contributed by atoms with Gasteiger partial charge in [-0.05, 0) is 12.1 Å². The summed E-state index contributed by atoms with van der Waals surface area (Å²) in [5, 5.41) is 9.16. The van der Waals surface area contributed by atoms with Crippen molar-refractivity contribution in [1.29, 1.82) is 0 Å². The van der Waals surface area contributed by atoms with Gasteiger partial charge >= 0.3 is 0 Å². The summed E-state index contributed by atoms with van der Waals surface area (Å²) in [6.07, 6.45) is 3.62. The number of aliphatic hydroxyl groups excluding tert-OH is 1. The molecule has 0 spiro atoms. The van der Waals surface area contributed by atoms with Gasteiger partial charge in [0, 0.05) is 30.6 Å². The Hall–Kier alpha value is -1.39. The summed E-state index contributed by atoms with van der Waals surface area (Å²) in [7, 11) is 0. The third-order valence-corrected chi connectivity index (χ3v) is 2.38. The number of nitrogens with zero attached hydrogens (tertiary/aromatic N) is 2. The van der Waals surface area contributed by atoms with Crippen molar-refractivity contribution in [3.05, 3.63) is 36.3 Å². The molecule has 3 N–H and O–H groups in total. The van der Waals surface area contributed by atoms with Crippen LogP contribution in [0.15, 0.2) is 30.6 Å². The fraction of sp³-hybridized carbons (Fsp3) is 0.300. The van der Waals surface area contributed by atoms with Gasteiger partial charge in [0.15, 0.2) is 0 Å². The zero-order valence-electron chi connectivity index (χ0n) is 7.80. The molecule has 0 aliphatic rings. The van der Waals surface area contributed by atoms with Gasteiger partial charge in [0.2, 0.25) is 0 Å². The van der Waals surface area contributed by atoms with Crippen LogP contribution in [-0.2, 0) is 0 Å². The standard InChI is InChI=1S/C10H13N3O/c11-6-8(7-14)9-2-1-3-10-12-4-5-13(9)10/h1-5,8,14H,6-7,11H2. The summed E-state index contributed by atoms with van der Waals surface area (Å²) < 4.78 is 1.95. The molecule has 2 rings (SSSR count). The van der Waals surface area contributed by atoms with E-state index in [4.69, 9.17) is 10.8 Å². The van der Waals surface area contributed by atoms with Crippen LogP contribution in [0.25, 0.3) is 5.65 Å². The molecule has 2 aromatic heterocycles. The number of hydrogen-bond acceptors (Lipinski definition) is 3. The molecule has 0 saturated heterocycles. The zero-order chi connectivity index (χ0) is 9.97. The van der Waals surface area contributed by atoms with Gasteiger partial charge in [-0.15, -0.1) is 0 Å². The first kappa shape index (κ1) is 9.18. The van der Waals surface area contributed by atoms with Crippen molar-refractivity contribution in [3.8, 4) is 0 Å². The van der Waals surface area contributed by atoms with Crippen LogP contribution < -0.4 is 5.73 Å². The number of hydrogen-bond donors (Lipinski definition) is 2. The normalized spacial score (nSPS) is 13.3. The average Bonchev–Trinajstić information content (AvgIpc) is 2.68. The van der Waals surface area contributed by atoms with Gasteiger partial charge in [-0.2, -0.15) is 0 Å². The lowest BCUT2D eigenvalue weighted by molar-refractivity contribution is 0.265. The summed E-state index contributed by atoms with van der Waals surface area (Å²) in [5.74, 6) is -0.0205. The van der Waals surface area contributed by atoms with Crippen LogP contribution in [0, 0.1) is 0 Å². The van der Waals surface area contributed by atoms with E-state index in [0.29, 0.717) is 6.54 Å². The molecule has 0 fully saturated rings. The first-order chi connectivity index (χ1) is 6.86. The summed E-state index contributed by atoms with van der Waals surface area (Å²) in [6, 6.07) is 5.81. The van der Waals surface area contributed by atoms with Crippen molar-refractivity contribution in [3.63, 3.8) is 0 Å². The predicted molar refractivity (Wildman–Crippen MR) is 54.1 cm³/mol. The highest BCUT2D eigenvalue weighted by Gasteiger charge is 2.11. The third kappa shape index (κ3) is 1.38. The maximum atomic E-state index is 9.16. The fourth-order valence-electron chi connectivity index (χ4n) is 1.59. The van der Waals surface area contributed by atoms with Crippen molar-refractivity contribution in [2.24, 2.45) is 5.73 Å². The number of pyridine rings is 1. The Bertz CT molecular complexity index is 420. The molecule has 0 aliphatic carbocycles. The SMILES string of the molecule is NCC(CO)c1cccc2nccn12. The van der Waals surface area contributed by atoms with E-state index in [-0.39, 0.29) is 12.5 Å². The second-order valence-corrected chi connectivity index (χ2v) is 3.22. The summed E-state index contributed by atoms with van der Waals surface area (Å²) in [4.78, 5) is 4.17. The molecule has 0 aromatic carbocycles. The van der Waals surface area contributed by atoms with Gasteiger partial charge in [0.25, 0.3) is 0 Å². The minimum absolute atomic E-state index is 0.0205. The maximum Gasteiger partial charge on any atom is 0.136 e. The first-order valence-corrected chi connectivity index (χ1v) is 4.59. The van der Waals surface area contributed by atoms with Gasteiger partial charge in [-0.25, -0.2) is 4.98 Å². The summed E-state index contributed by atoms with van der Waals surface area (Å²) >= 11 is 0. The van der Waals surface area contributed by atoms with Crippen LogP contribution >= 0.6 is 0 Å². The summed E-state index contributed by atoms with van der Waals surface area (Å²) in [5.41, 5.74) is 7.47. The lowest BCUT2D eigenvalue weighted by Gasteiger charge is -2.13. The van der Waals surface area contributed by atoms with Gasteiger partial charge in [-0.3, -0.25) is 0 Å². The molecule has 74 valence electrons. The van der Waals surface area contributed by atoms with E-state index in [2.05, 4.69) is 4.98 Å². The molecule has 1 atom stereocenters. The maximum absolute atomic E-state index is 9.16. The molecule has 0 aliphatic heterocycles. The number of rotatable bonds is 3. The number of aliphatic hydroxyl groups is 1. The van der Waals surface area contributed by atoms with Crippen LogP contribution in [0.5, 0.6) is 0 Å². The van der Waals surface area contributed by atoms with E-state index in [1.54, 1.807) is 6.20 Å². The van der Waals surface area contributed by atoms with E-state index >= 15 is 0 Å². The van der Waals surface area contributed by atoms with E-state index in [1.807, 2.05) is 28.8 Å². The molecule has 14 heavy (non-hydrogen) atoms. The van der Waals surface area contributed by atoms with Crippen molar-refractivity contribution in [2.75, 3.05) is 13.2 Å². The molecule has 0 amide bonds.